The summed E-state index contributed by atoms with van der Waals surface area (Å²) in [6, 6.07) is 7.64. The molecule has 2 N–H and O–H groups in total. The van der Waals surface area contributed by atoms with Crippen molar-refractivity contribution >= 4 is 11.6 Å². The van der Waals surface area contributed by atoms with Crippen molar-refractivity contribution in [2.75, 3.05) is 6.54 Å². The molecule has 0 saturated heterocycles. The molecule has 0 saturated carbocycles. The van der Waals surface area contributed by atoms with Crippen molar-refractivity contribution < 1.29 is 9.52 Å². The molecule has 0 unspecified atom stereocenters. The lowest BCUT2D eigenvalue weighted by molar-refractivity contribution is 0.303. The molecule has 0 radical (unpaired) electrons. The normalized spacial score (nSPS) is 10.6. The van der Waals surface area contributed by atoms with Crippen molar-refractivity contribution in [3.63, 3.8) is 0 Å². The molecule has 0 bridgehead atoms. The highest BCUT2D eigenvalue weighted by Crippen LogP contribution is 2.09. The first-order valence-electron chi connectivity index (χ1n) is 5.20. The van der Waals surface area contributed by atoms with Crippen LogP contribution in [-0.4, -0.2) is 21.8 Å². The molecule has 2 rings (SSSR count). The van der Waals surface area contributed by atoms with Crippen LogP contribution in [0.15, 0.2) is 28.7 Å². The average Bonchev–Trinajstić information content (AvgIpc) is 2.73. The molecule has 0 amide bonds. The first-order valence-corrected chi connectivity index (χ1v) is 5.58. The Morgan fingerprint density at radius 1 is 1.24 bits per heavy atom. The second-order valence-electron chi connectivity index (χ2n) is 3.53. The number of hydrogen-bond acceptors (Lipinski definition) is 5. The van der Waals surface area contributed by atoms with Crippen LogP contribution < -0.4 is 5.32 Å². The highest BCUT2D eigenvalue weighted by Gasteiger charge is 2.02. The minimum absolute atomic E-state index is 0.391. The molecule has 6 heteroatoms. The maximum atomic E-state index is 8.84. The Bertz CT molecular complexity index is 470. The van der Waals surface area contributed by atoms with Crippen LogP contribution in [0, 0.1) is 0 Å². The van der Waals surface area contributed by atoms with E-state index < -0.39 is 6.08 Å². The van der Waals surface area contributed by atoms with E-state index in [-0.39, 0.29) is 0 Å². The lowest BCUT2D eigenvalue weighted by atomic mass is 10.2. The maximum Gasteiger partial charge on any atom is 0.412 e. The molecule has 2 aromatic rings. The standard InChI is InChI=1S/C11H12ClN3O2/c12-9-3-1-8(2-4-9)7-13-6-5-10-14-15-11(16)17-10/h1-4,13H,5-7H2,(H,15,16). The van der Waals surface area contributed by atoms with E-state index in [2.05, 4.69) is 15.5 Å². The Kier molecular flexibility index (Phi) is 3.95. The summed E-state index contributed by atoms with van der Waals surface area (Å²) in [4.78, 5) is 0. The Hall–Kier alpha value is -1.59. The van der Waals surface area contributed by atoms with Gasteiger partial charge in [0.15, 0.2) is 0 Å². The second-order valence-corrected chi connectivity index (χ2v) is 3.97. The fourth-order valence-corrected chi connectivity index (χ4v) is 1.50. The van der Waals surface area contributed by atoms with Gasteiger partial charge in [0.25, 0.3) is 0 Å². The third-order valence-corrected chi connectivity index (χ3v) is 2.47. The molecule has 1 aromatic carbocycles. The third kappa shape index (κ3) is 3.72. The summed E-state index contributed by atoms with van der Waals surface area (Å²) < 4.78 is 4.83. The molecule has 0 fully saturated rings. The van der Waals surface area contributed by atoms with Crippen LogP contribution >= 0.6 is 11.6 Å². The monoisotopic (exact) mass is 253 g/mol. The molecule has 17 heavy (non-hydrogen) atoms. The number of rotatable bonds is 5. The van der Waals surface area contributed by atoms with Gasteiger partial charge in [-0.2, -0.15) is 0 Å². The van der Waals surface area contributed by atoms with Crippen molar-refractivity contribution in [2.45, 2.75) is 13.0 Å². The van der Waals surface area contributed by atoms with Crippen molar-refractivity contribution in [2.24, 2.45) is 0 Å². The first-order chi connectivity index (χ1) is 8.24. The molecular weight excluding hydrogens is 242 g/mol. The van der Waals surface area contributed by atoms with Gasteiger partial charge in [0.2, 0.25) is 5.89 Å². The Balaban J connectivity index is 1.71. The summed E-state index contributed by atoms with van der Waals surface area (Å²) in [5.41, 5.74) is 1.16. The highest BCUT2D eigenvalue weighted by atomic mass is 35.5. The van der Waals surface area contributed by atoms with Gasteiger partial charge in [0.05, 0.1) is 0 Å². The Labute approximate surface area is 103 Å². The molecule has 0 spiro atoms. The number of nitrogens with zero attached hydrogens (tertiary/aromatic N) is 2. The molecule has 90 valence electrons. The maximum absolute atomic E-state index is 8.84. The molecule has 1 aromatic heterocycles. The number of benzene rings is 1. The van der Waals surface area contributed by atoms with Gasteiger partial charge in [-0.15, -0.1) is 5.10 Å². The van der Waals surface area contributed by atoms with Crippen LogP contribution in [0.5, 0.6) is 6.08 Å². The van der Waals surface area contributed by atoms with E-state index in [0.717, 1.165) is 17.1 Å². The minimum Gasteiger partial charge on any atom is -0.465 e. The zero-order valence-electron chi connectivity index (χ0n) is 9.06. The number of halogens is 1. The van der Waals surface area contributed by atoms with Crippen LogP contribution in [-0.2, 0) is 13.0 Å². The zero-order valence-corrected chi connectivity index (χ0v) is 9.81. The second kappa shape index (κ2) is 5.65. The van der Waals surface area contributed by atoms with Crippen LogP contribution in [0.1, 0.15) is 11.5 Å². The van der Waals surface area contributed by atoms with Gasteiger partial charge in [0.1, 0.15) is 0 Å². The van der Waals surface area contributed by atoms with Crippen LogP contribution in [0.4, 0.5) is 0 Å². The van der Waals surface area contributed by atoms with Gasteiger partial charge in [-0.3, -0.25) is 0 Å². The largest absolute Gasteiger partial charge is 0.465 e. The molecule has 1 heterocycles. The molecular formula is C11H12ClN3O2. The van der Waals surface area contributed by atoms with E-state index in [1.807, 2.05) is 24.3 Å². The van der Waals surface area contributed by atoms with Gasteiger partial charge in [-0.1, -0.05) is 28.8 Å². The molecule has 5 nitrogen and oxygen atoms in total. The molecule has 0 aliphatic carbocycles. The van der Waals surface area contributed by atoms with Gasteiger partial charge in [0, 0.05) is 24.5 Å². The third-order valence-electron chi connectivity index (χ3n) is 2.21. The quantitative estimate of drug-likeness (QED) is 0.795. The highest BCUT2D eigenvalue weighted by molar-refractivity contribution is 6.30. The number of aromatic nitrogens is 2. The number of hydrogen-bond donors (Lipinski definition) is 2. The number of nitrogens with one attached hydrogen (secondary N) is 1. The van der Waals surface area contributed by atoms with E-state index >= 15 is 0 Å². The lowest BCUT2D eigenvalue weighted by Crippen LogP contribution is -2.16. The van der Waals surface area contributed by atoms with Crippen LogP contribution in [0.25, 0.3) is 0 Å². The minimum atomic E-state index is -0.391. The summed E-state index contributed by atoms with van der Waals surface area (Å²) in [5.74, 6) is 0.422. The predicted molar refractivity (Wildman–Crippen MR) is 62.8 cm³/mol. The SMILES string of the molecule is Oc1nnc(CCNCc2ccc(Cl)cc2)o1. The fourth-order valence-electron chi connectivity index (χ4n) is 1.38. The summed E-state index contributed by atoms with van der Waals surface area (Å²) in [6.07, 6.45) is 0.193. The fraction of sp³-hybridized carbons (Fsp3) is 0.273. The number of aromatic hydroxyl groups is 1. The van der Waals surface area contributed by atoms with Gasteiger partial charge in [-0.05, 0) is 17.7 Å². The van der Waals surface area contributed by atoms with Crippen molar-refractivity contribution in [1.82, 2.24) is 15.5 Å². The molecule has 0 aliphatic rings. The van der Waals surface area contributed by atoms with Crippen molar-refractivity contribution in [1.29, 1.82) is 0 Å². The smallest absolute Gasteiger partial charge is 0.412 e. The van der Waals surface area contributed by atoms with Crippen molar-refractivity contribution in [3.05, 3.63) is 40.7 Å². The van der Waals surface area contributed by atoms with E-state index in [4.69, 9.17) is 21.1 Å². The summed E-state index contributed by atoms with van der Waals surface area (Å²) in [7, 11) is 0. The summed E-state index contributed by atoms with van der Waals surface area (Å²) in [5, 5.41) is 19.8. The molecule has 0 aliphatic heterocycles. The van der Waals surface area contributed by atoms with Gasteiger partial charge >= 0.3 is 6.08 Å². The van der Waals surface area contributed by atoms with E-state index in [0.29, 0.717) is 18.9 Å². The van der Waals surface area contributed by atoms with Gasteiger partial charge < -0.3 is 14.8 Å². The predicted octanol–water partition coefficient (Wildman–Crippen LogP) is 1.76. The van der Waals surface area contributed by atoms with Crippen LogP contribution in [0.2, 0.25) is 5.02 Å². The van der Waals surface area contributed by atoms with Crippen molar-refractivity contribution in [3.8, 4) is 6.08 Å². The van der Waals surface area contributed by atoms with E-state index in [9.17, 15) is 0 Å². The summed E-state index contributed by atoms with van der Waals surface area (Å²) in [6.45, 7) is 1.45. The lowest BCUT2D eigenvalue weighted by Gasteiger charge is -2.03. The molecule has 0 atom stereocenters. The first kappa shape index (κ1) is 11.9. The topological polar surface area (TPSA) is 71.2 Å². The Morgan fingerprint density at radius 2 is 2.00 bits per heavy atom. The Morgan fingerprint density at radius 3 is 2.65 bits per heavy atom. The summed E-state index contributed by atoms with van der Waals surface area (Å²) >= 11 is 5.78. The van der Waals surface area contributed by atoms with Crippen LogP contribution in [0.3, 0.4) is 0 Å². The zero-order chi connectivity index (χ0) is 12.1. The van der Waals surface area contributed by atoms with E-state index in [1.165, 1.54) is 0 Å². The average molecular weight is 254 g/mol. The van der Waals surface area contributed by atoms with Gasteiger partial charge in [-0.25, -0.2) is 0 Å². The van der Waals surface area contributed by atoms with E-state index in [1.54, 1.807) is 0 Å².